The second kappa shape index (κ2) is 7.52. The van der Waals surface area contributed by atoms with Gasteiger partial charge in [0.25, 0.3) is 0 Å². The molecule has 1 aromatic rings. The van der Waals surface area contributed by atoms with E-state index < -0.39 is 10.0 Å². The van der Waals surface area contributed by atoms with Crippen LogP contribution in [0.25, 0.3) is 0 Å². The van der Waals surface area contributed by atoms with Crippen LogP contribution in [-0.2, 0) is 14.8 Å². The van der Waals surface area contributed by atoms with Crippen LogP contribution in [-0.4, -0.2) is 45.7 Å². The SMILES string of the molecule is CC(=O)Nc1ccc(N(CCNC(=O)NC2CC2)S(C)(=O)=O)cc1. The maximum atomic E-state index is 12.0. The Kier molecular flexibility index (Phi) is 5.66. The van der Waals surface area contributed by atoms with E-state index in [-0.39, 0.29) is 31.1 Å². The van der Waals surface area contributed by atoms with E-state index in [0.29, 0.717) is 11.4 Å². The molecule has 1 fully saturated rings. The number of sulfonamides is 1. The zero-order chi connectivity index (χ0) is 17.7. The van der Waals surface area contributed by atoms with Crippen molar-refractivity contribution < 1.29 is 18.0 Å². The van der Waals surface area contributed by atoms with Gasteiger partial charge in [0.1, 0.15) is 0 Å². The summed E-state index contributed by atoms with van der Waals surface area (Å²) in [5.41, 5.74) is 1.05. The molecular weight excluding hydrogens is 332 g/mol. The smallest absolute Gasteiger partial charge is 0.315 e. The zero-order valence-electron chi connectivity index (χ0n) is 13.7. The first-order chi connectivity index (χ1) is 11.3. The predicted molar refractivity (Wildman–Crippen MR) is 92.5 cm³/mol. The van der Waals surface area contributed by atoms with Crippen LogP contribution < -0.4 is 20.3 Å². The fourth-order valence-electron chi connectivity index (χ4n) is 2.14. The van der Waals surface area contributed by atoms with Crippen molar-refractivity contribution in [2.45, 2.75) is 25.8 Å². The summed E-state index contributed by atoms with van der Waals surface area (Å²) in [6.07, 6.45) is 3.09. The molecule has 1 aliphatic rings. The lowest BCUT2D eigenvalue weighted by Crippen LogP contribution is -2.42. The van der Waals surface area contributed by atoms with Crippen LogP contribution in [0.3, 0.4) is 0 Å². The summed E-state index contributed by atoms with van der Waals surface area (Å²) in [6, 6.07) is 6.43. The van der Waals surface area contributed by atoms with Gasteiger partial charge in [-0.15, -0.1) is 0 Å². The predicted octanol–water partition coefficient (Wildman–Crippen LogP) is 0.873. The topological polar surface area (TPSA) is 108 Å². The second-order valence-electron chi connectivity index (χ2n) is 5.74. The molecular formula is C15H22N4O4S. The maximum absolute atomic E-state index is 12.0. The van der Waals surface area contributed by atoms with E-state index in [2.05, 4.69) is 16.0 Å². The third-order valence-corrected chi connectivity index (χ3v) is 4.58. The Hall–Kier alpha value is -2.29. The van der Waals surface area contributed by atoms with Crippen molar-refractivity contribution in [2.24, 2.45) is 0 Å². The van der Waals surface area contributed by atoms with Crippen molar-refractivity contribution >= 4 is 33.3 Å². The molecule has 3 amide bonds. The van der Waals surface area contributed by atoms with Crippen LogP contribution in [0.15, 0.2) is 24.3 Å². The van der Waals surface area contributed by atoms with Crippen molar-refractivity contribution in [1.29, 1.82) is 0 Å². The first-order valence-electron chi connectivity index (χ1n) is 7.65. The zero-order valence-corrected chi connectivity index (χ0v) is 14.5. The molecule has 1 saturated carbocycles. The molecule has 0 radical (unpaired) electrons. The molecule has 1 aromatic carbocycles. The summed E-state index contributed by atoms with van der Waals surface area (Å²) in [7, 11) is -3.49. The van der Waals surface area contributed by atoms with Crippen molar-refractivity contribution in [3.05, 3.63) is 24.3 Å². The number of rotatable bonds is 7. The Morgan fingerprint density at radius 3 is 2.33 bits per heavy atom. The van der Waals surface area contributed by atoms with E-state index in [1.165, 1.54) is 11.2 Å². The lowest BCUT2D eigenvalue weighted by atomic mass is 10.2. The van der Waals surface area contributed by atoms with E-state index in [9.17, 15) is 18.0 Å². The quantitative estimate of drug-likeness (QED) is 0.675. The normalized spacial score (nSPS) is 13.9. The van der Waals surface area contributed by atoms with Gasteiger partial charge in [0.2, 0.25) is 15.9 Å². The molecule has 2 rings (SSSR count). The highest BCUT2D eigenvalue weighted by Crippen LogP contribution is 2.20. The standard InChI is InChI=1S/C15H22N4O4S/c1-11(20)17-12-5-7-14(8-6-12)19(24(2,22)23)10-9-16-15(21)18-13-3-4-13/h5-8,13H,3-4,9-10H2,1-2H3,(H,17,20)(H2,16,18,21). The maximum Gasteiger partial charge on any atom is 0.315 e. The van der Waals surface area contributed by atoms with Gasteiger partial charge in [-0.05, 0) is 37.1 Å². The number of anilines is 2. The molecule has 9 heteroatoms. The largest absolute Gasteiger partial charge is 0.336 e. The Morgan fingerprint density at radius 1 is 1.21 bits per heavy atom. The number of urea groups is 1. The summed E-state index contributed by atoms with van der Waals surface area (Å²) in [5.74, 6) is -0.200. The Labute approximate surface area is 141 Å². The van der Waals surface area contributed by atoms with E-state index in [1.54, 1.807) is 24.3 Å². The van der Waals surface area contributed by atoms with Crippen LogP contribution in [0.5, 0.6) is 0 Å². The number of carbonyl (C=O) groups is 2. The number of benzene rings is 1. The Bertz CT molecular complexity index is 699. The number of nitrogens with zero attached hydrogens (tertiary/aromatic N) is 1. The van der Waals surface area contributed by atoms with Gasteiger partial charge < -0.3 is 16.0 Å². The van der Waals surface area contributed by atoms with Crippen molar-refractivity contribution in [2.75, 3.05) is 29.0 Å². The molecule has 24 heavy (non-hydrogen) atoms. The highest BCUT2D eigenvalue weighted by Gasteiger charge is 2.23. The van der Waals surface area contributed by atoms with Gasteiger partial charge in [0.05, 0.1) is 18.5 Å². The summed E-state index contributed by atoms with van der Waals surface area (Å²) in [6.45, 7) is 1.71. The lowest BCUT2D eigenvalue weighted by molar-refractivity contribution is -0.114. The number of nitrogens with one attached hydrogen (secondary N) is 3. The molecule has 0 heterocycles. The van der Waals surface area contributed by atoms with E-state index >= 15 is 0 Å². The van der Waals surface area contributed by atoms with Gasteiger partial charge >= 0.3 is 6.03 Å². The minimum atomic E-state index is -3.49. The van der Waals surface area contributed by atoms with Gasteiger partial charge in [0, 0.05) is 25.2 Å². The fraction of sp³-hybridized carbons (Fsp3) is 0.467. The molecule has 8 nitrogen and oxygen atoms in total. The molecule has 0 unspecified atom stereocenters. The molecule has 3 N–H and O–H groups in total. The third kappa shape index (κ3) is 5.73. The van der Waals surface area contributed by atoms with Crippen molar-refractivity contribution in [1.82, 2.24) is 10.6 Å². The Morgan fingerprint density at radius 2 is 1.83 bits per heavy atom. The monoisotopic (exact) mass is 354 g/mol. The lowest BCUT2D eigenvalue weighted by Gasteiger charge is -2.23. The van der Waals surface area contributed by atoms with E-state index in [4.69, 9.17) is 0 Å². The van der Waals surface area contributed by atoms with Crippen molar-refractivity contribution in [3.63, 3.8) is 0 Å². The number of hydrogen-bond donors (Lipinski definition) is 3. The minimum Gasteiger partial charge on any atom is -0.336 e. The summed E-state index contributed by atoms with van der Waals surface area (Å²) < 4.78 is 25.2. The van der Waals surface area contributed by atoms with Crippen molar-refractivity contribution in [3.8, 4) is 0 Å². The molecule has 132 valence electrons. The molecule has 0 aliphatic heterocycles. The van der Waals surface area contributed by atoms with Gasteiger partial charge in [-0.3, -0.25) is 9.10 Å². The van der Waals surface area contributed by atoms with Crippen LogP contribution in [0.1, 0.15) is 19.8 Å². The molecule has 0 saturated heterocycles. The number of amides is 3. The van der Waals surface area contributed by atoms with Gasteiger partial charge in [-0.1, -0.05) is 0 Å². The summed E-state index contributed by atoms with van der Waals surface area (Å²) in [4.78, 5) is 22.6. The van der Waals surface area contributed by atoms with Gasteiger partial charge in [0.15, 0.2) is 0 Å². The summed E-state index contributed by atoms with van der Waals surface area (Å²) >= 11 is 0. The molecule has 1 aliphatic carbocycles. The average molecular weight is 354 g/mol. The van der Waals surface area contributed by atoms with E-state index in [1.807, 2.05) is 0 Å². The van der Waals surface area contributed by atoms with Crippen LogP contribution >= 0.6 is 0 Å². The van der Waals surface area contributed by atoms with Crippen LogP contribution in [0, 0.1) is 0 Å². The number of carbonyl (C=O) groups excluding carboxylic acids is 2. The molecule has 0 atom stereocenters. The highest BCUT2D eigenvalue weighted by atomic mass is 32.2. The highest BCUT2D eigenvalue weighted by molar-refractivity contribution is 7.92. The molecule has 0 bridgehead atoms. The second-order valence-corrected chi connectivity index (χ2v) is 7.64. The Balaban J connectivity index is 1.97. The number of hydrogen-bond acceptors (Lipinski definition) is 4. The van der Waals surface area contributed by atoms with Crippen LogP contribution in [0.4, 0.5) is 16.2 Å². The van der Waals surface area contributed by atoms with Gasteiger partial charge in [-0.2, -0.15) is 0 Å². The van der Waals surface area contributed by atoms with Gasteiger partial charge in [-0.25, -0.2) is 13.2 Å². The van der Waals surface area contributed by atoms with E-state index in [0.717, 1.165) is 19.1 Å². The first kappa shape index (κ1) is 18.1. The minimum absolute atomic E-state index is 0.121. The average Bonchev–Trinajstić information content (AvgIpc) is 3.27. The van der Waals surface area contributed by atoms with Crippen LogP contribution in [0.2, 0.25) is 0 Å². The molecule has 0 aromatic heterocycles. The third-order valence-electron chi connectivity index (χ3n) is 3.39. The first-order valence-corrected chi connectivity index (χ1v) is 9.50. The summed E-state index contributed by atoms with van der Waals surface area (Å²) in [5, 5.41) is 8.04. The fourth-order valence-corrected chi connectivity index (χ4v) is 3.06. The molecule has 0 spiro atoms.